The van der Waals surface area contributed by atoms with E-state index in [9.17, 15) is 4.79 Å². The molecule has 1 rings (SSSR count). The largest absolute Gasteiger partial charge is 0.295 e. The zero-order chi connectivity index (χ0) is 9.30. The first kappa shape index (κ1) is 9.50. The number of hydrogen-bond donors (Lipinski definition) is 0. The maximum absolute atomic E-state index is 11.3. The fourth-order valence-electron chi connectivity index (χ4n) is 1.90. The summed E-state index contributed by atoms with van der Waals surface area (Å²) in [7, 11) is 0. The lowest BCUT2D eigenvalue weighted by Crippen LogP contribution is -1.98. The van der Waals surface area contributed by atoms with E-state index >= 15 is 0 Å². The third-order valence-corrected chi connectivity index (χ3v) is 2.61. The van der Waals surface area contributed by atoms with E-state index in [2.05, 4.69) is 20.8 Å². The normalized spacial score (nSPS) is 24.4. The second kappa shape index (κ2) is 3.42. The molecule has 0 aromatic carbocycles. The van der Waals surface area contributed by atoms with E-state index in [1.807, 2.05) is 6.92 Å². The molecule has 1 heteroatoms. The molecule has 0 saturated carbocycles. The zero-order valence-corrected chi connectivity index (χ0v) is 8.48. The van der Waals surface area contributed by atoms with Crippen molar-refractivity contribution in [3.05, 3.63) is 11.1 Å². The van der Waals surface area contributed by atoms with E-state index in [1.54, 1.807) is 0 Å². The summed E-state index contributed by atoms with van der Waals surface area (Å²) in [5.74, 6) is 1.53. The fraction of sp³-hybridized carbons (Fsp3) is 0.727. The Morgan fingerprint density at radius 2 is 2.08 bits per heavy atom. The molecule has 1 aliphatic rings. The van der Waals surface area contributed by atoms with Gasteiger partial charge < -0.3 is 0 Å². The van der Waals surface area contributed by atoms with Gasteiger partial charge in [-0.25, -0.2) is 0 Å². The van der Waals surface area contributed by atoms with Gasteiger partial charge in [-0.05, 0) is 30.8 Å². The van der Waals surface area contributed by atoms with Gasteiger partial charge in [0.2, 0.25) is 0 Å². The highest BCUT2D eigenvalue weighted by molar-refractivity contribution is 5.98. The standard InChI is InChI=1S/C11H18O/c1-7(2)5-10-8(3)6-11(12)9(10)4/h7-8H,5-6H2,1-4H3. The van der Waals surface area contributed by atoms with Gasteiger partial charge >= 0.3 is 0 Å². The summed E-state index contributed by atoms with van der Waals surface area (Å²) in [6.45, 7) is 8.54. The summed E-state index contributed by atoms with van der Waals surface area (Å²) in [6, 6.07) is 0. The Balaban J connectivity index is 2.78. The van der Waals surface area contributed by atoms with Crippen molar-refractivity contribution in [3.63, 3.8) is 0 Å². The SMILES string of the molecule is CC1=C(CC(C)C)C(C)CC1=O. The Morgan fingerprint density at radius 1 is 1.50 bits per heavy atom. The van der Waals surface area contributed by atoms with Crippen molar-refractivity contribution in [1.29, 1.82) is 0 Å². The van der Waals surface area contributed by atoms with Gasteiger partial charge in [0.15, 0.2) is 5.78 Å². The average Bonchev–Trinajstić information content (AvgIpc) is 2.16. The molecule has 0 heterocycles. The first-order chi connectivity index (χ1) is 5.52. The molecular weight excluding hydrogens is 148 g/mol. The minimum absolute atomic E-state index is 0.359. The van der Waals surface area contributed by atoms with Crippen LogP contribution in [0.2, 0.25) is 0 Å². The molecule has 0 fully saturated rings. The first-order valence-corrected chi connectivity index (χ1v) is 4.75. The van der Waals surface area contributed by atoms with Crippen molar-refractivity contribution in [1.82, 2.24) is 0 Å². The molecule has 68 valence electrons. The van der Waals surface area contributed by atoms with Gasteiger partial charge in [0.1, 0.15) is 0 Å². The van der Waals surface area contributed by atoms with Crippen LogP contribution in [0.25, 0.3) is 0 Å². The van der Waals surface area contributed by atoms with E-state index < -0.39 is 0 Å². The van der Waals surface area contributed by atoms with Crippen LogP contribution >= 0.6 is 0 Å². The molecular formula is C11H18O. The van der Waals surface area contributed by atoms with Gasteiger partial charge in [-0.1, -0.05) is 26.3 Å². The lowest BCUT2D eigenvalue weighted by molar-refractivity contribution is -0.115. The van der Waals surface area contributed by atoms with Gasteiger partial charge in [-0.15, -0.1) is 0 Å². The number of rotatable bonds is 2. The average molecular weight is 166 g/mol. The molecule has 0 amide bonds. The van der Waals surface area contributed by atoms with Crippen LogP contribution in [0.3, 0.4) is 0 Å². The van der Waals surface area contributed by atoms with Crippen molar-refractivity contribution < 1.29 is 4.79 Å². The summed E-state index contributed by atoms with van der Waals surface area (Å²) in [4.78, 5) is 11.3. The summed E-state index contributed by atoms with van der Waals surface area (Å²) < 4.78 is 0. The Morgan fingerprint density at radius 3 is 2.42 bits per heavy atom. The number of Topliss-reactive ketones (excluding diaryl/α,β-unsaturated/α-hetero) is 1. The van der Waals surface area contributed by atoms with Gasteiger partial charge in [0.25, 0.3) is 0 Å². The van der Waals surface area contributed by atoms with E-state index in [1.165, 1.54) is 5.57 Å². The molecule has 0 bridgehead atoms. The number of allylic oxidation sites excluding steroid dienone is 2. The molecule has 0 spiro atoms. The smallest absolute Gasteiger partial charge is 0.159 e. The topological polar surface area (TPSA) is 17.1 Å². The van der Waals surface area contributed by atoms with Crippen LogP contribution in [0.15, 0.2) is 11.1 Å². The molecule has 0 saturated heterocycles. The monoisotopic (exact) mass is 166 g/mol. The second-order valence-electron chi connectivity index (χ2n) is 4.28. The van der Waals surface area contributed by atoms with Crippen LogP contribution in [0.1, 0.15) is 40.5 Å². The minimum Gasteiger partial charge on any atom is -0.295 e. The van der Waals surface area contributed by atoms with E-state index in [0.29, 0.717) is 17.6 Å². The predicted molar refractivity (Wildman–Crippen MR) is 50.9 cm³/mol. The van der Waals surface area contributed by atoms with Crippen LogP contribution in [-0.2, 0) is 4.79 Å². The maximum Gasteiger partial charge on any atom is 0.159 e. The zero-order valence-electron chi connectivity index (χ0n) is 8.48. The fourth-order valence-corrected chi connectivity index (χ4v) is 1.90. The van der Waals surface area contributed by atoms with Crippen molar-refractivity contribution in [2.45, 2.75) is 40.5 Å². The second-order valence-corrected chi connectivity index (χ2v) is 4.28. The summed E-state index contributed by atoms with van der Waals surface area (Å²) >= 11 is 0. The number of carbonyl (C=O) groups excluding carboxylic acids is 1. The Labute approximate surface area is 74.9 Å². The lowest BCUT2D eigenvalue weighted by Gasteiger charge is -2.11. The third kappa shape index (κ3) is 1.77. The summed E-state index contributed by atoms with van der Waals surface area (Å²) in [5.41, 5.74) is 2.44. The lowest BCUT2D eigenvalue weighted by atomic mass is 9.94. The molecule has 0 radical (unpaired) electrons. The van der Waals surface area contributed by atoms with Gasteiger partial charge in [0, 0.05) is 6.42 Å². The van der Waals surface area contributed by atoms with Crippen LogP contribution in [0.5, 0.6) is 0 Å². The molecule has 0 N–H and O–H groups in total. The molecule has 1 nitrogen and oxygen atoms in total. The molecule has 0 aliphatic heterocycles. The van der Waals surface area contributed by atoms with Crippen LogP contribution in [0, 0.1) is 11.8 Å². The van der Waals surface area contributed by atoms with Crippen molar-refractivity contribution in [2.75, 3.05) is 0 Å². The van der Waals surface area contributed by atoms with E-state index in [4.69, 9.17) is 0 Å². The van der Waals surface area contributed by atoms with Gasteiger partial charge in [-0.2, -0.15) is 0 Å². The quantitative estimate of drug-likeness (QED) is 0.616. The third-order valence-electron chi connectivity index (χ3n) is 2.61. The van der Waals surface area contributed by atoms with Crippen LogP contribution in [0.4, 0.5) is 0 Å². The van der Waals surface area contributed by atoms with Crippen molar-refractivity contribution in [3.8, 4) is 0 Å². The van der Waals surface area contributed by atoms with Gasteiger partial charge in [-0.3, -0.25) is 4.79 Å². The molecule has 0 aromatic rings. The van der Waals surface area contributed by atoms with Crippen LogP contribution in [-0.4, -0.2) is 5.78 Å². The number of carbonyl (C=O) groups is 1. The molecule has 1 unspecified atom stereocenters. The van der Waals surface area contributed by atoms with E-state index in [0.717, 1.165) is 18.4 Å². The summed E-state index contributed by atoms with van der Waals surface area (Å²) in [5, 5.41) is 0. The van der Waals surface area contributed by atoms with E-state index in [-0.39, 0.29) is 0 Å². The summed E-state index contributed by atoms with van der Waals surface area (Å²) in [6.07, 6.45) is 1.84. The Kier molecular flexibility index (Phi) is 2.71. The van der Waals surface area contributed by atoms with Gasteiger partial charge in [0.05, 0.1) is 0 Å². The molecule has 0 aromatic heterocycles. The number of ketones is 1. The maximum atomic E-state index is 11.3. The first-order valence-electron chi connectivity index (χ1n) is 4.75. The molecule has 12 heavy (non-hydrogen) atoms. The minimum atomic E-state index is 0.359. The highest BCUT2D eigenvalue weighted by Gasteiger charge is 2.25. The number of hydrogen-bond acceptors (Lipinski definition) is 1. The predicted octanol–water partition coefficient (Wildman–Crippen LogP) is 2.96. The molecule has 1 atom stereocenters. The Hall–Kier alpha value is -0.590. The Bertz CT molecular complexity index is 223. The highest BCUT2D eigenvalue weighted by atomic mass is 16.1. The van der Waals surface area contributed by atoms with Crippen molar-refractivity contribution >= 4 is 5.78 Å². The highest BCUT2D eigenvalue weighted by Crippen LogP contribution is 2.32. The van der Waals surface area contributed by atoms with Crippen molar-refractivity contribution in [2.24, 2.45) is 11.8 Å². The van der Waals surface area contributed by atoms with Crippen LogP contribution < -0.4 is 0 Å². The molecule has 1 aliphatic carbocycles.